The highest BCUT2D eigenvalue weighted by molar-refractivity contribution is 6.29. The van der Waals surface area contributed by atoms with E-state index in [1.54, 1.807) is 12.1 Å². The lowest BCUT2D eigenvalue weighted by Gasteiger charge is -2.35. The van der Waals surface area contributed by atoms with Crippen molar-refractivity contribution < 1.29 is 9.21 Å². The van der Waals surface area contributed by atoms with Crippen molar-refractivity contribution in [3.63, 3.8) is 0 Å². The van der Waals surface area contributed by atoms with Crippen LogP contribution in [0.1, 0.15) is 53.4 Å². The number of halogens is 1. The van der Waals surface area contributed by atoms with Crippen LogP contribution >= 0.6 is 11.6 Å². The molecule has 4 heteroatoms. The third-order valence-electron chi connectivity index (χ3n) is 4.63. The quantitative estimate of drug-likeness (QED) is 0.828. The maximum absolute atomic E-state index is 12.9. The number of carbonyl (C=O) groups excluding carboxylic acids is 1. The van der Waals surface area contributed by atoms with Gasteiger partial charge in [-0.2, -0.15) is 0 Å². The second-order valence-corrected chi connectivity index (χ2v) is 6.53. The Hall–Kier alpha value is -1.74. The van der Waals surface area contributed by atoms with Gasteiger partial charge in [-0.05, 0) is 67.0 Å². The van der Waals surface area contributed by atoms with Crippen molar-refractivity contribution in [2.24, 2.45) is 0 Å². The third kappa shape index (κ3) is 2.44. The molecule has 1 unspecified atom stereocenters. The molecule has 0 bridgehead atoms. The number of amides is 1. The van der Waals surface area contributed by atoms with Gasteiger partial charge in [-0.15, -0.1) is 0 Å². The Morgan fingerprint density at radius 1 is 1.14 bits per heavy atom. The molecule has 22 heavy (non-hydrogen) atoms. The predicted octanol–water partition coefficient (Wildman–Crippen LogP) is 4.62. The zero-order valence-electron chi connectivity index (χ0n) is 12.3. The zero-order chi connectivity index (χ0) is 15.1. The van der Waals surface area contributed by atoms with E-state index in [1.165, 1.54) is 11.1 Å². The number of nitrogens with zero attached hydrogens (tertiary/aromatic N) is 1. The molecule has 1 fully saturated rings. The fourth-order valence-electron chi connectivity index (χ4n) is 3.49. The summed E-state index contributed by atoms with van der Waals surface area (Å²) in [6.07, 6.45) is 5.41. The molecular weight excluding hydrogens is 298 g/mol. The Labute approximate surface area is 134 Å². The number of furan rings is 1. The number of benzene rings is 1. The normalized spacial score (nSPS) is 20.5. The Morgan fingerprint density at radius 3 is 2.68 bits per heavy atom. The van der Waals surface area contributed by atoms with Crippen LogP contribution in [0.4, 0.5) is 0 Å². The Bertz CT molecular complexity index is 705. The Morgan fingerprint density at radius 2 is 1.95 bits per heavy atom. The molecule has 2 aliphatic rings. The van der Waals surface area contributed by atoms with Crippen LogP contribution in [0.3, 0.4) is 0 Å². The summed E-state index contributed by atoms with van der Waals surface area (Å²) in [4.78, 5) is 15.0. The fourth-order valence-corrected chi connectivity index (χ4v) is 3.63. The molecule has 0 radical (unpaired) electrons. The number of aryl methyl sites for hydroxylation is 1. The minimum atomic E-state index is -0.0314. The lowest BCUT2D eigenvalue weighted by molar-refractivity contribution is 0.0605. The maximum atomic E-state index is 12.9. The van der Waals surface area contributed by atoms with E-state index in [0.29, 0.717) is 11.8 Å². The van der Waals surface area contributed by atoms with Crippen LogP contribution in [0.5, 0.6) is 0 Å². The van der Waals surface area contributed by atoms with Crippen LogP contribution in [0, 0.1) is 0 Å². The highest BCUT2D eigenvalue weighted by Gasteiger charge is 2.40. The molecule has 2 aliphatic carbocycles. The zero-order valence-corrected chi connectivity index (χ0v) is 13.1. The van der Waals surface area contributed by atoms with Crippen molar-refractivity contribution in [1.29, 1.82) is 0 Å². The summed E-state index contributed by atoms with van der Waals surface area (Å²) in [6.45, 7) is 0. The highest BCUT2D eigenvalue weighted by atomic mass is 35.5. The van der Waals surface area contributed by atoms with Crippen molar-refractivity contribution in [2.45, 2.75) is 44.2 Å². The van der Waals surface area contributed by atoms with Crippen molar-refractivity contribution >= 4 is 17.5 Å². The van der Waals surface area contributed by atoms with E-state index in [0.717, 1.165) is 32.1 Å². The molecule has 1 aromatic carbocycles. The van der Waals surface area contributed by atoms with Crippen LogP contribution in [-0.4, -0.2) is 16.8 Å². The molecule has 0 aliphatic heterocycles. The highest BCUT2D eigenvalue weighted by Crippen LogP contribution is 2.41. The van der Waals surface area contributed by atoms with Gasteiger partial charge in [-0.25, -0.2) is 0 Å². The summed E-state index contributed by atoms with van der Waals surface area (Å²) in [5, 5.41) is 0.267. The van der Waals surface area contributed by atoms with E-state index in [1.807, 2.05) is 4.90 Å². The summed E-state index contributed by atoms with van der Waals surface area (Å²) in [5.74, 6) is 0.316. The molecule has 0 N–H and O–H groups in total. The van der Waals surface area contributed by atoms with Crippen molar-refractivity contribution in [3.8, 4) is 0 Å². The van der Waals surface area contributed by atoms with Crippen molar-refractivity contribution in [3.05, 3.63) is 58.5 Å². The predicted molar refractivity (Wildman–Crippen MR) is 85.0 cm³/mol. The molecule has 1 atom stereocenters. The van der Waals surface area contributed by atoms with Gasteiger partial charge < -0.3 is 9.32 Å². The maximum Gasteiger partial charge on any atom is 0.290 e. The third-order valence-corrected chi connectivity index (χ3v) is 4.84. The lowest BCUT2D eigenvalue weighted by Crippen LogP contribution is -2.38. The number of carbonyl (C=O) groups is 1. The van der Waals surface area contributed by atoms with Gasteiger partial charge in [0, 0.05) is 6.04 Å². The molecule has 1 amide bonds. The Kier molecular flexibility index (Phi) is 3.45. The summed E-state index contributed by atoms with van der Waals surface area (Å²) in [7, 11) is 0. The molecule has 114 valence electrons. The van der Waals surface area contributed by atoms with Crippen LogP contribution in [0.2, 0.25) is 5.22 Å². The molecule has 0 saturated heterocycles. The fraction of sp³-hybridized carbons (Fsp3) is 0.389. The first kappa shape index (κ1) is 13.9. The number of fused-ring (bicyclic) bond motifs is 1. The molecular formula is C18H18ClNO2. The van der Waals surface area contributed by atoms with Crippen LogP contribution in [0.25, 0.3) is 0 Å². The molecule has 0 spiro atoms. The van der Waals surface area contributed by atoms with Crippen LogP contribution in [0.15, 0.2) is 40.8 Å². The lowest BCUT2D eigenvalue weighted by atomic mass is 9.86. The SMILES string of the molecule is O=C(c1ccc(Cl)o1)N(C1CC1)C1CCCc2ccccc21. The number of hydrogen-bond donors (Lipinski definition) is 0. The van der Waals surface area contributed by atoms with E-state index in [-0.39, 0.29) is 17.2 Å². The van der Waals surface area contributed by atoms with E-state index in [9.17, 15) is 4.79 Å². The Balaban J connectivity index is 1.70. The first-order valence-electron chi connectivity index (χ1n) is 7.90. The largest absolute Gasteiger partial charge is 0.440 e. The van der Waals surface area contributed by atoms with E-state index >= 15 is 0 Å². The second kappa shape index (κ2) is 5.47. The summed E-state index contributed by atoms with van der Waals surface area (Å²) < 4.78 is 5.36. The van der Waals surface area contributed by atoms with Crippen LogP contribution in [-0.2, 0) is 6.42 Å². The van der Waals surface area contributed by atoms with E-state index in [4.69, 9.17) is 16.0 Å². The average Bonchev–Trinajstić information content (AvgIpc) is 3.28. The topological polar surface area (TPSA) is 33.5 Å². The number of rotatable bonds is 3. The van der Waals surface area contributed by atoms with E-state index in [2.05, 4.69) is 24.3 Å². The molecule has 2 aromatic rings. The minimum absolute atomic E-state index is 0.0314. The molecule has 1 heterocycles. The number of hydrogen-bond acceptors (Lipinski definition) is 2. The second-order valence-electron chi connectivity index (χ2n) is 6.15. The van der Waals surface area contributed by atoms with Crippen molar-refractivity contribution in [1.82, 2.24) is 4.90 Å². The molecule has 1 saturated carbocycles. The van der Waals surface area contributed by atoms with Gasteiger partial charge in [-0.1, -0.05) is 24.3 Å². The minimum Gasteiger partial charge on any atom is -0.440 e. The monoisotopic (exact) mass is 315 g/mol. The molecule has 3 nitrogen and oxygen atoms in total. The van der Waals surface area contributed by atoms with Gasteiger partial charge in [0.25, 0.3) is 5.91 Å². The summed E-state index contributed by atoms with van der Waals surface area (Å²) in [5.41, 5.74) is 2.67. The van der Waals surface area contributed by atoms with Gasteiger partial charge in [0.15, 0.2) is 11.0 Å². The van der Waals surface area contributed by atoms with Gasteiger partial charge in [0.05, 0.1) is 6.04 Å². The molecule has 4 rings (SSSR count). The smallest absolute Gasteiger partial charge is 0.290 e. The summed E-state index contributed by atoms with van der Waals surface area (Å²) in [6, 6.07) is 12.3. The van der Waals surface area contributed by atoms with Crippen LogP contribution < -0.4 is 0 Å². The van der Waals surface area contributed by atoms with Gasteiger partial charge in [-0.3, -0.25) is 4.79 Å². The standard InChI is InChI=1S/C18H18ClNO2/c19-17-11-10-16(22-17)18(21)20(13-8-9-13)15-7-3-5-12-4-1-2-6-14(12)15/h1-2,4,6,10-11,13,15H,3,5,7-9H2. The molecule has 1 aromatic heterocycles. The average molecular weight is 316 g/mol. The van der Waals surface area contributed by atoms with Gasteiger partial charge >= 0.3 is 0 Å². The summed E-state index contributed by atoms with van der Waals surface area (Å²) >= 11 is 5.83. The first-order valence-corrected chi connectivity index (χ1v) is 8.27. The van der Waals surface area contributed by atoms with Crippen molar-refractivity contribution in [2.75, 3.05) is 0 Å². The van der Waals surface area contributed by atoms with Gasteiger partial charge in [0.1, 0.15) is 0 Å². The van der Waals surface area contributed by atoms with E-state index < -0.39 is 0 Å². The van der Waals surface area contributed by atoms with Gasteiger partial charge in [0.2, 0.25) is 0 Å². The first-order chi connectivity index (χ1) is 10.7.